The second-order valence-corrected chi connectivity index (χ2v) is 9.87. The number of amides is 1. The first-order valence-corrected chi connectivity index (χ1v) is 11.8. The maximum Gasteiger partial charge on any atom is 0.262 e. The largest absolute Gasteiger partial charge is 0.490 e. The van der Waals surface area contributed by atoms with Gasteiger partial charge in [0.2, 0.25) is 0 Å². The van der Waals surface area contributed by atoms with Crippen LogP contribution in [0.1, 0.15) is 61.4 Å². The molecule has 0 aromatic heterocycles. The first-order valence-electron chi connectivity index (χ1n) is 11.8. The molecule has 1 amide bonds. The average Bonchev–Trinajstić information content (AvgIpc) is 2.78. The molecular formula is C27H31NO4. The molecule has 4 bridgehead atoms. The highest BCUT2D eigenvalue weighted by atomic mass is 16.5. The third kappa shape index (κ3) is 4.13. The summed E-state index contributed by atoms with van der Waals surface area (Å²) < 4.78 is 11.2. The Morgan fingerprint density at radius 1 is 0.969 bits per heavy atom. The van der Waals surface area contributed by atoms with E-state index >= 15 is 0 Å². The third-order valence-corrected chi connectivity index (χ3v) is 7.58. The number of ether oxygens (including phenoxy) is 2. The summed E-state index contributed by atoms with van der Waals surface area (Å²) in [6.07, 6.45) is 9.09. The van der Waals surface area contributed by atoms with Gasteiger partial charge in [0, 0.05) is 11.3 Å². The summed E-state index contributed by atoms with van der Waals surface area (Å²) in [4.78, 5) is 23.4. The Morgan fingerprint density at radius 3 is 2.22 bits per heavy atom. The van der Waals surface area contributed by atoms with Gasteiger partial charge in [-0.2, -0.15) is 0 Å². The first-order chi connectivity index (χ1) is 15.6. The maximum absolute atomic E-state index is 12.5. The van der Waals surface area contributed by atoms with Crippen LogP contribution >= 0.6 is 0 Å². The highest BCUT2D eigenvalue weighted by Gasteiger charge is 2.51. The lowest BCUT2D eigenvalue weighted by atomic mass is 9.48. The summed E-state index contributed by atoms with van der Waals surface area (Å²) in [6.45, 7) is 2.18. The quantitative estimate of drug-likeness (QED) is 0.568. The van der Waals surface area contributed by atoms with Crippen molar-refractivity contribution in [2.75, 3.05) is 18.5 Å². The Hall–Kier alpha value is -2.82. The molecule has 0 spiro atoms. The average molecular weight is 434 g/mol. The van der Waals surface area contributed by atoms with Gasteiger partial charge in [-0.3, -0.25) is 9.59 Å². The second-order valence-electron chi connectivity index (χ2n) is 9.87. The molecule has 0 aliphatic heterocycles. The van der Waals surface area contributed by atoms with Crippen LogP contribution in [0.15, 0.2) is 42.5 Å². The predicted octanol–water partition coefficient (Wildman–Crippen LogP) is 5.38. The normalized spacial score (nSPS) is 27.7. The minimum absolute atomic E-state index is 0.128. The lowest BCUT2D eigenvalue weighted by Gasteiger charge is -2.57. The Balaban J connectivity index is 1.20. The summed E-state index contributed by atoms with van der Waals surface area (Å²) in [5.74, 6) is 3.43. The monoisotopic (exact) mass is 433 g/mol. The molecule has 5 nitrogen and oxygen atoms in total. The molecule has 0 unspecified atom stereocenters. The summed E-state index contributed by atoms with van der Waals surface area (Å²) >= 11 is 0. The highest BCUT2D eigenvalue weighted by Crippen LogP contribution is 2.60. The van der Waals surface area contributed by atoms with Crippen LogP contribution in [-0.4, -0.2) is 25.4 Å². The van der Waals surface area contributed by atoms with Crippen LogP contribution in [0.3, 0.4) is 0 Å². The van der Waals surface area contributed by atoms with Gasteiger partial charge in [-0.05, 0) is 105 Å². The molecule has 2 aromatic rings. The number of carbonyl (C=O) groups excluding carboxylic acids is 2. The van der Waals surface area contributed by atoms with Gasteiger partial charge in [-0.15, -0.1) is 0 Å². The van der Waals surface area contributed by atoms with E-state index in [-0.39, 0.29) is 12.5 Å². The van der Waals surface area contributed by atoms with Crippen LogP contribution in [0.25, 0.3) is 0 Å². The van der Waals surface area contributed by atoms with Crippen molar-refractivity contribution in [3.8, 4) is 11.5 Å². The van der Waals surface area contributed by atoms with Crippen molar-refractivity contribution in [3.63, 3.8) is 0 Å². The second kappa shape index (κ2) is 8.61. The molecule has 1 N–H and O–H groups in total. The number of hydrogen-bond acceptors (Lipinski definition) is 4. The molecule has 0 atom stereocenters. The van der Waals surface area contributed by atoms with Gasteiger partial charge >= 0.3 is 0 Å². The number of nitrogens with one attached hydrogen (secondary N) is 1. The zero-order valence-electron chi connectivity index (χ0n) is 18.6. The number of carbonyl (C=O) groups is 2. The van der Waals surface area contributed by atoms with Crippen molar-refractivity contribution in [3.05, 3.63) is 53.6 Å². The Labute approximate surface area is 189 Å². The van der Waals surface area contributed by atoms with E-state index in [4.69, 9.17) is 9.47 Å². The highest BCUT2D eigenvalue weighted by molar-refractivity contribution is 5.92. The fourth-order valence-corrected chi connectivity index (χ4v) is 6.70. The number of anilines is 1. The molecule has 168 valence electrons. The summed E-state index contributed by atoms with van der Waals surface area (Å²) in [6, 6.07) is 13.4. The standard InChI is InChI=1S/C27H31NO4/c1-2-31-25-12-18(16-29)3-8-24(25)32-17-26(30)28-23-6-4-22(5-7-23)27-13-19-9-20(14-27)11-21(10-19)15-27/h3-8,12,16,19-21H,2,9-11,13-15,17H2,1H3,(H,28,30). The van der Waals surface area contributed by atoms with Crippen LogP contribution in [0, 0.1) is 17.8 Å². The smallest absolute Gasteiger partial charge is 0.262 e. The van der Waals surface area contributed by atoms with Crippen LogP contribution in [0.4, 0.5) is 5.69 Å². The van der Waals surface area contributed by atoms with Crippen molar-refractivity contribution >= 4 is 17.9 Å². The molecule has 5 heteroatoms. The number of aldehydes is 1. The topological polar surface area (TPSA) is 64.6 Å². The Morgan fingerprint density at radius 2 is 1.62 bits per heavy atom. The van der Waals surface area contributed by atoms with Gasteiger partial charge < -0.3 is 14.8 Å². The molecule has 2 aromatic carbocycles. The van der Waals surface area contributed by atoms with Crippen molar-refractivity contribution in [2.45, 2.75) is 50.9 Å². The third-order valence-electron chi connectivity index (χ3n) is 7.58. The fourth-order valence-electron chi connectivity index (χ4n) is 6.70. The molecule has 6 rings (SSSR count). The van der Waals surface area contributed by atoms with E-state index in [0.717, 1.165) is 29.7 Å². The maximum atomic E-state index is 12.5. The summed E-state index contributed by atoms with van der Waals surface area (Å²) in [5, 5.41) is 2.93. The van der Waals surface area contributed by atoms with Crippen molar-refractivity contribution < 1.29 is 19.1 Å². The van der Waals surface area contributed by atoms with Crippen LogP contribution in [-0.2, 0) is 10.2 Å². The van der Waals surface area contributed by atoms with E-state index in [2.05, 4.69) is 17.4 Å². The molecule has 0 saturated heterocycles. The van der Waals surface area contributed by atoms with Gasteiger partial charge in [-0.1, -0.05) is 12.1 Å². The van der Waals surface area contributed by atoms with Gasteiger partial charge in [0.25, 0.3) is 5.91 Å². The van der Waals surface area contributed by atoms with Crippen molar-refractivity contribution in [1.29, 1.82) is 0 Å². The van der Waals surface area contributed by atoms with E-state index in [1.807, 2.05) is 19.1 Å². The molecule has 0 heterocycles. The number of benzene rings is 2. The first kappa shape index (κ1) is 21.0. The van der Waals surface area contributed by atoms with Crippen LogP contribution in [0.2, 0.25) is 0 Å². The Kier molecular flexibility index (Phi) is 5.66. The van der Waals surface area contributed by atoms with Gasteiger partial charge in [0.15, 0.2) is 18.1 Å². The number of hydrogen-bond donors (Lipinski definition) is 1. The zero-order chi connectivity index (χ0) is 22.1. The minimum atomic E-state index is -0.227. The molecule has 32 heavy (non-hydrogen) atoms. The molecule has 0 radical (unpaired) electrons. The fraction of sp³-hybridized carbons (Fsp3) is 0.481. The van der Waals surface area contributed by atoms with Crippen LogP contribution in [0.5, 0.6) is 11.5 Å². The molecule has 4 aliphatic rings. The predicted molar refractivity (Wildman–Crippen MR) is 123 cm³/mol. The van der Waals surface area contributed by atoms with E-state index in [9.17, 15) is 9.59 Å². The van der Waals surface area contributed by atoms with Crippen LogP contribution < -0.4 is 14.8 Å². The molecule has 4 saturated carbocycles. The summed E-state index contributed by atoms with van der Waals surface area (Å²) in [5.41, 5.74) is 3.10. The van der Waals surface area contributed by atoms with E-state index in [0.29, 0.717) is 29.1 Å². The lowest BCUT2D eigenvalue weighted by molar-refractivity contribution is -0.118. The summed E-state index contributed by atoms with van der Waals surface area (Å²) in [7, 11) is 0. The van der Waals surface area contributed by atoms with Crippen molar-refractivity contribution in [1.82, 2.24) is 0 Å². The Bertz CT molecular complexity index is 962. The van der Waals surface area contributed by atoms with E-state index in [1.54, 1.807) is 18.2 Å². The molecular weight excluding hydrogens is 402 g/mol. The zero-order valence-corrected chi connectivity index (χ0v) is 18.6. The molecule has 4 aliphatic carbocycles. The van der Waals surface area contributed by atoms with Gasteiger partial charge in [-0.25, -0.2) is 0 Å². The van der Waals surface area contributed by atoms with Gasteiger partial charge in [0.05, 0.1) is 6.61 Å². The van der Waals surface area contributed by atoms with Crippen molar-refractivity contribution in [2.24, 2.45) is 17.8 Å². The van der Waals surface area contributed by atoms with E-state index in [1.165, 1.54) is 44.1 Å². The van der Waals surface area contributed by atoms with E-state index < -0.39 is 0 Å². The minimum Gasteiger partial charge on any atom is -0.490 e. The van der Waals surface area contributed by atoms with Gasteiger partial charge in [0.1, 0.15) is 6.29 Å². The number of rotatable bonds is 8. The SMILES string of the molecule is CCOc1cc(C=O)ccc1OCC(=O)Nc1ccc(C23CC4CC(CC(C4)C2)C3)cc1. The lowest BCUT2D eigenvalue weighted by Crippen LogP contribution is -2.48. The molecule has 4 fully saturated rings.